The third-order valence-electron chi connectivity index (χ3n) is 5.53. The molecule has 0 radical (unpaired) electrons. The Morgan fingerprint density at radius 1 is 1.27 bits per heavy atom. The van der Waals surface area contributed by atoms with E-state index in [1.165, 1.54) is 0 Å². The second kappa shape index (κ2) is 4.67. The summed E-state index contributed by atoms with van der Waals surface area (Å²) < 4.78 is 33.6. The van der Waals surface area contributed by atoms with Crippen LogP contribution in [-0.4, -0.2) is 19.6 Å². The van der Waals surface area contributed by atoms with Gasteiger partial charge in [-0.3, -0.25) is 4.79 Å². The van der Waals surface area contributed by atoms with Crippen molar-refractivity contribution in [1.82, 2.24) is 5.32 Å². The molecule has 1 aromatic carbocycles. The first-order chi connectivity index (χ1) is 10.6. The number of hydrogen-bond donors (Lipinski definition) is 1. The molecule has 3 aliphatic rings. The van der Waals surface area contributed by atoms with E-state index in [0.717, 1.165) is 36.8 Å². The van der Waals surface area contributed by atoms with Crippen LogP contribution in [0, 0.1) is 17.0 Å². The van der Waals surface area contributed by atoms with Gasteiger partial charge in [0.05, 0.1) is 6.61 Å². The second-order valence-electron chi connectivity index (χ2n) is 6.73. The number of benzene rings is 1. The number of nitrogens with one attached hydrogen (secondary N) is 1. The highest BCUT2D eigenvalue weighted by Gasteiger charge is 2.51. The molecular formula is C17H19F2NO2. The Labute approximate surface area is 128 Å². The van der Waals surface area contributed by atoms with Crippen molar-refractivity contribution in [3.63, 3.8) is 0 Å². The third kappa shape index (κ3) is 1.80. The zero-order chi connectivity index (χ0) is 15.5. The maximum Gasteiger partial charge on any atom is 0.225 e. The van der Waals surface area contributed by atoms with E-state index in [0.29, 0.717) is 25.0 Å². The summed E-state index contributed by atoms with van der Waals surface area (Å²) in [5.41, 5.74) is 1.99. The lowest BCUT2D eigenvalue weighted by Crippen LogP contribution is -2.30. The Morgan fingerprint density at radius 3 is 2.73 bits per heavy atom. The van der Waals surface area contributed by atoms with Crippen LogP contribution >= 0.6 is 0 Å². The Morgan fingerprint density at radius 2 is 2.05 bits per heavy atom. The van der Waals surface area contributed by atoms with E-state index in [9.17, 15) is 13.6 Å². The predicted molar refractivity (Wildman–Crippen MR) is 77.0 cm³/mol. The van der Waals surface area contributed by atoms with Crippen molar-refractivity contribution in [3.05, 3.63) is 28.3 Å². The average molecular weight is 307 g/mol. The lowest BCUT2D eigenvalue weighted by atomic mass is 9.84. The molecule has 2 aliphatic carbocycles. The molecule has 5 heteroatoms. The van der Waals surface area contributed by atoms with Crippen molar-refractivity contribution in [2.24, 2.45) is 5.41 Å². The largest absolute Gasteiger partial charge is 0.490 e. The van der Waals surface area contributed by atoms with Crippen LogP contribution < -0.4 is 10.1 Å². The van der Waals surface area contributed by atoms with Crippen molar-refractivity contribution < 1.29 is 18.3 Å². The zero-order valence-corrected chi connectivity index (χ0v) is 12.6. The van der Waals surface area contributed by atoms with Gasteiger partial charge in [0.1, 0.15) is 0 Å². The third-order valence-corrected chi connectivity index (χ3v) is 5.53. The van der Waals surface area contributed by atoms with E-state index >= 15 is 0 Å². The number of rotatable bonds is 3. The molecule has 1 aliphatic heterocycles. The van der Waals surface area contributed by atoms with Crippen molar-refractivity contribution in [2.45, 2.75) is 44.4 Å². The summed E-state index contributed by atoms with van der Waals surface area (Å²) >= 11 is 0. The maximum atomic E-state index is 14.3. The van der Waals surface area contributed by atoms with Crippen LogP contribution in [0.25, 0.3) is 0 Å². The highest BCUT2D eigenvalue weighted by atomic mass is 19.2. The molecule has 22 heavy (non-hydrogen) atoms. The summed E-state index contributed by atoms with van der Waals surface area (Å²) in [6.45, 7) is 0.412. The molecule has 0 aromatic heterocycles. The van der Waals surface area contributed by atoms with E-state index in [1.54, 1.807) is 7.05 Å². The number of carbonyl (C=O) groups excluding carboxylic acids is 1. The van der Waals surface area contributed by atoms with Gasteiger partial charge in [0.2, 0.25) is 11.7 Å². The fourth-order valence-electron chi connectivity index (χ4n) is 4.26. The first-order valence-electron chi connectivity index (χ1n) is 7.95. The summed E-state index contributed by atoms with van der Waals surface area (Å²) in [6.07, 6.45) is 4.50. The molecule has 1 saturated carbocycles. The van der Waals surface area contributed by atoms with Gasteiger partial charge >= 0.3 is 0 Å². The minimum absolute atomic E-state index is 0.0800. The Kier molecular flexibility index (Phi) is 2.97. The molecule has 0 saturated heterocycles. The standard InChI is InChI=1S/C17H19F2NO2/c1-20-16(21)17(5-6-17)8-9-2-3-10-12(9)11-4-7-22-15(11)14(19)13(10)18/h9H,2-8H2,1H3,(H,20,21)/t9-/m0/s1. The number of halogens is 2. The quantitative estimate of drug-likeness (QED) is 0.932. The fourth-order valence-corrected chi connectivity index (χ4v) is 4.26. The Bertz CT molecular complexity index is 667. The fraction of sp³-hybridized carbons (Fsp3) is 0.588. The maximum absolute atomic E-state index is 14.3. The predicted octanol–water partition coefficient (Wildman–Crippen LogP) is 2.85. The molecule has 3 nitrogen and oxygen atoms in total. The molecule has 1 fully saturated rings. The molecule has 0 unspecified atom stereocenters. The smallest absolute Gasteiger partial charge is 0.225 e. The van der Waals surface area contributed by atoms with Gasteiger partial charge in [0.25, 0.3) is 0 Å². The molecule has 118 valence electrons. The van der Waals surface area contributed by atoms with Crippen molar-refractivity contribution in [3.8, 4) is 5.75 Å². The summed E-state index contributed by atoms with van der Waals surface area (Å²) in [5.74, 6) is -1.26. The monoisotopic (exact) mass is 307 g/mol. The minimum Gasteiger partial charge on any atom is -0.490 e. The van der Waals surface area contributed by atoms with Gasteiger partial charge in [-0.1, -0.05) is 0 Å². The van der Waals surface area contributed by atoms with E-state index in [4.69, 9.17) is 4.74 Å². The summed E-state index contributed by atoms with van der Waals surface area (Å²) in [7, 11) is 1.66. The molecule has 1 heterocycles. The topological polar surface area (TPSA) is 38.3 Å². The lowest BCUT2D eigenvalue weighted by Gasteiger charge is -2.21. The number of carbonyl (C=O) groups is 1. The molecule has 1 N–H and O–H groups in total. The minimum atomic E-state index is -0.834. The van der Waals surface area contributed by atoms with Crippen LogP contribution in [0.4, 0.5) is 8.78 Å². The highest BCUT2D eigenvalue weighted by molar-refractivity contribution is 5.85. The molecule has 0 bridgehead atoms. The number of amides is 1. The second-order valence-corrected chi connectivity index (χ2v) is 6.73. The summed E-state index contributed by atoms with van der Waals surface area (Å²) in [5, 5.41) is 2.74. The van der Waals surface area contributed by atoms with Gasteiger partial charge in [-0.25, -0.2) is 4.39 Å². The van der Waals surface area contributed by atoms with Crippen LogP contribution in [0.2, 0.25) is 0 Å². The van der Waals surface area contributed by atoms with Gasteiger partial charge in [-0.15, -0.1) is 0 Å². The molecule has 1 amide bonds. The van der Waals surface area contributed by atoms with Crippen LogP contribution in [0.1, 0.15) is 48.3 Å². The Balaban J connectivity index is 1.73. The van der Waals surface area contributed by atoms with Crippen LogP contribution in [0.5, 0.6) is 5.75 Å². The van der Waals surface area contributed by atoms with Crippen molar-refractivity contribution in [1.29, 1.82) is 0 Å². The number of hydrogen-bond acceptors (Lipinski definition) is 2. The van der Waals surface area contributed by atoms with E-state index < -0.39 is 11.6 Å². The normalized spacial score (nSPS) is 23.7. The molecular weight excluding hydrogens is 288 g/mol. The van der Waals surface area contributed by atoms with Crippen LogP contribution in [0.3, 0.4) is 0 Å². The summed E-state index contributed by atoms with van der Waals surface area (Å²) in [6, 6.07) is 0. The summed E-state index contributed by atoms with van der Waals surface area (Å²) in [4.78, 5) is 12.1. The van der Waals surface area contributed by atoms with Gasteiger partial charge in [-0.05, 0) is 49.1 Å². The van der Waals surface area contributed by atoms with Gasteiger partial charge in [-0.2, -0.15) is 4.39 Å². The van der Waals surface area contributed by atoms with Crippen LogP contribution in [0.15, 0.2) is 0 Å². The van der Waals surface area contributed by atoms with E-state index in [-0.39, 0.29) is 23.0 Å². The molecule has 4 rings (SSSR count). The lowest BCUT2D eigenvalue weighted by molar-refractivity contribution is -0.126. The number of ether oxygens (including phenoxy) is 1. The average Bonchev–Trinajstić information content (AvgIpc) is 2.96. The van der Waals surface area contributed by atoms with E-state index in [1.807, 2.05) is 0 Å². The Hall–Kier alpha value is -1.65. The van der Waals surface area contributed by atoms with Gasteiger partial charge < -0.3 is 10.1 Å². The van der Waals surface area contributed by atoms with Crippen molar-refractivity contribution in [2.75, 3.05) is 13.7 Å². The van der Waals surface area contributed by atoms with E-state index in [2.05, 4.69) is 5.32 Å². The van der Waals surface area contributed by atoms with Gasteiger partial charge in [0, 0.05) is 24.4 Å². The number of fused-ring (bicyclic) bond motifs is 3. The molecule has 1 atom stereocenters. The zero-order valence-electron chi connectivity index (χ0n) is 12.6. The molecule has 0 spiro atoms. The van der Waals surface area contributed by atoms with Crippen LogP contribution in [-0.2, 0) is 17.6 Å². The van der Waals surface area contributed by atoms with Crippen molar-refractivity contribution >= 4 is 5.91 Å². The molecule has 1 aromatic rings. The van der Waals surface area contributed by atoms with Gasteiger partial charge in [0.15, 0.2) is 11.6 Å². The SMILES string of the molecule is CNC(=O)C1(C[C@@H]2CCc3c(F)c(F)c4c(c32)CCO4)CC1. The first kappa shape index (κ1) is 14.0. The first-order valence-corrected chi connectivity index (χ1v) is 7.95. The highest BCUT2D eigenvalue weighted by Crippen LogP contribution is 2.56.